The maximum Gasteiger partial charge on any atom is 0.242 e. The van der Waals surface area contributed by atoms with Gasteiger partial charge in [-0.1, -0.05) is 48.5 Å². The first-order valence-corrected chi connectivity index (χ1v) is 9.15. The van der Waals surface area contributed by atoms with E-state index in [1.165, 1.54) is 12.1 Å². The number of rotatable bonds is 5. The lowest BCUT2D eigenvalue weighted by molar-refractivity contribution is -0.132. The lowest BCUT2D eigenvalue weighted by atomic mass is 10.2. The predicted molar refractivity (Wildman–Crippen MR) is 107 cm³/mol. The Balaban J connectivity index is 1.65. The molecule has 1 amide bonds. The Bertz CT molecular complexity index is 1050. The van der Waals surface area contributed by atoms with E-state index in [1.807, 2.05) is 31.2 Å². The Kier molecular flexibility index (Phi) is 4.63. The van der Waals surface area contributed by atoms with Crippen LogP contribution >= 0.6 is 0 Å². The summed E-state index contributed by atoms with van der Waals surface area (Å²) in [5, 5.41) is 2.31. The number of para-hydroxylation sites is 2. The standard InChI is InChI=1S/C23H21FN2O/c1-2-25(15-17-11-13-18(24)14-12-17)23(27)16-26-21-9-5-3-7-19(21)20-8-4-6-10-22(20)26/h3-14H,2,15-16H2,1H3. The average molecular weight is 360 g/mol. The molecule has 0 fully saturated rings. The second kappa shape index (κ2) is 7.23. The highest BCUT2D eigenvalue weighted by atomic mass is 19.1. The molecule has 1 aromatic heterocycles. The highest BCUT2D eigenvalue weighted by Gasteiger charge is 2.17. The first-order chi connectivity index (χ1) is 13.2. The van der Waals surface area contributed by atoms with Crippen LogP contribution in [0.1, 0.15) is 12.5 Å². The van der Waals surface area contributed by atoms with Crippen LogP contribution in [-0.4, -0.2) is 21.9 Å². The van der Waals surface area contributed by atoms with E-state index in [0.29, 0.717) is 13.1 Å². The monoisotopic (exact) mass is 360 g/mol. The number of hydrogen-bond donors (Lipinski definition) is 0. The maximum absolute atomic E-state index is 13.1. The van der Waals surface area contributed by atoms with Gasteiger partial charge in [-0.3, -0.25) is 4.79 Å². The minimum Gasteiger partial charge on any atom is -0.337 e. The van der Waals surface area contributed by atoms with E-state index in [-0.39, 0.29) is 18.3 Å². The van der Waals surface area contributed by atoms with Crippen LogP contribution < -0.4 is 0 Å². The van der Waals surface area contributed by atoms with E-state index in [4.69, 9.17) is 0 Å². The van der Waals surface area contributed by atoms with Gasteiger partial charge in [-0.2, -0.15) is 0 Å². The first kappa shape index (κ1) is 17.3. The Morgan fingerprint density at radius 3 is 2.00 bits per heavy atom. The Hall–Kier alpha value is -3.14. The fourth-order valence-corrected chi connectivity index (χ4v) is 3.60. The van der Waals surface area contributed by atoms with Crippen molar-refractivity contribution in [1.82, 2.24) is 9.47 Å². The molecule has 3 aromatic carbocycles. The van der Waals surface area contributed by atoms with Crippen molar-refractivity contribution in [2.45, 2.75) is 20.0 Å². The minimum atomic E-state index is -0.265. The number of fused-ring (bicyclic) bond motifs is 3. The van der Waals surface area contributed by atoms with Crippen molar-refractivity contribution in [2.24, 2.45) is 0 Å². The zero-order valence-corrected chi connectivity index (χ0v) is 15.2. The minimum absolute atomic E-state index is 0.0494. The van der Waals surface area contributed by atoms with Crippen molar-refractivity contribution >= 4 is 27.7 Å². The third-order valence-corrected chi connectivity index (χ3v) is 4.99. The molecule has 1 heterocycles. The van der Waals surface area contributed by atoms with Gasteiger partial charge in [0.15, 0.2) is 0 Å². The molecule has 4 rings (SSSR count). The summed E-state index contributed by atoms with van der Waals surface area (Å²) in [5.74, 6) is -0.216. The van der Waals surface area contributed by atoms with Gasteiger partial charge in [0.25, 0.3) is 0 Å². The summed E-state index contributed by atoms with van der Waals surface area (Å²) in [5.41, 5.74) is 3.04. The molecular formula is C23H21FN2O. The largest absolute Gasteiger partial charge is 0.337 e. The van der Waals surface area contributed by atoms with Crippen LogP contribution in [0.4, 0.5) is 4.39 Å². The smallest absolute Gasteiger partial charge is 0.242 e. The summed E-state index contributed by atoms with van der Waals surface area (Å²) in [7, 11) is 0. The number of carbonyl (C=O) groups is 1. The average Bonchev–Trinajstić information content (AvgIpc) is 3.02. The number of carbonyl (C=O) groups excluding carboxylic acids is 1. The topological polar surface area (TPSA) is 25.2 Å². The number of hydrogen-bond acceptors (Lipinski definition) is 1. The zero-order chi connectivity index (χ0) is 18.8. The number of benzene rings is 3. The third kappa shape index (κ3) is 3.31. The summed E-state index contributed by atoms with van der Waals surface area (Å²) in [6, 6.07) is 22.7. The molecule has 0 spiro atoms. The lowest BCUT2D eigenvalue weighted by Crippen LogP contribution is -2.33. The first-order valence-electron chi connectivity index (χ1n) is 9.15. The molecule has 0 N–H and O–H groups in total. The van der Waals surface area contributed by atoms with Gasteiger partial charge < -0.3 is 9.47 Å². The Morgan fingerprint density at radius 2 is 1.44 bits per heavy atom. The van der Waals surface area contributed by atoms with Crippen LogP contribution in [0.15, 0.2) is 72.8 Å². The molecule has 0 aliphatic rings. The van der Waals surface area contributed by atoms with E-state index in [0.717, 1.165) is 27.4 Å². The molecule has 0 atom stereocenters. The van der Waals surface area contributed by atoms with Crippen molar-refractivity contribution in [3.63, 3.8) is 0 Å². The Morgan fingerprint density at radius 1 is 0.889 bits per heavy atom. The number of halogens is 1. The highest BCUT2D eigenvalue weighted by molar-refractivity contribution is 6.08. The third-order valence-electron chi connectivity index (χ3n) is 4.99. The fourth-order valence-electron chi connectivity index (χ4n) is 3.60. The second-order valence-electron chi connectivity index (χ2n) is 6.65. The SMILES string of the molecule is CCN(Cc1ccc(F)cc1)C(=O)Cn1c2ccccc2c2ccccc21. The molecule has 3 nitrogen and oxygen atoms in total. The normalized spacial score (nSPS) is 11.2. The quantitative estimate of drug-likeness (QED) is 0.493. The molecular weight excluding hydrogens is 339 g/mol. The van der Waals surface area contributed by atoms with Crippen molar-refractivity contribution in [1.29, 1.82) is 0 Å². The van der Waals surface area contributed by atoms with Gasteiger partial charge in [-0.25, -0.2) is 4.39 Å². The van der Waals surface area contributed by atoms with Crippen LogP contribution in [-0.2, 0) is 17.9 Å². The zero-order valence-electron chi connectivity index (χ0n) is 15.2. The van der Waals surface area contributed by atoms with Crippen molar-refractivity contribution in [2.75, 3.05) is 6.54 Å². The highest BCUT2D eigenvalue weighted by Crippen LogP contribution is 2.28. The number of amides is 1. The number of aromatic nitrogens is 1. The second-order valence-corrected chi connectivity index (χ2v) is 6.65. The van der Waals surface area contributed by atoms with Crippen LogP contribution in [0.2, 0.25) is 0 Å². The number of nitrogens with zero attached hydrogens (tertiary/aromatic N) is 2. The van der Waals surface area contributed by atoms with Crippen LogP contribution in [0.5, 0.6) is 0 Å². The summed E-state index contributed by atoms with van der Waals surface area (Å²) >= 11 is 0. The van der Waals surface area contributed by atoms with E-state index < -0.39 is 0 Å². The molecule has 0 bridgehead atoms. The molecule has 4 heteroatoms. The van der Waals surface area contributed by atoms with Gasteiger partial charge >= 0.3 is 0 Å². The summed E-state index contributed by atoms with van der Waals surface area (Å²) in [4.78, 5) is 14.8. The maximum atomic E-state index is 13.1. The molecule has 0 radical (unpaired) electrons. The fraction of sp³-hybridized carbons (Fsp3) is 0.174. The molecule has 4 aromatic rings. The van der Waals surface area contributed by atoms with Gasteiger partial charge in [0.1, 0.15) is 12.4 Å². The lowest BCUT2D eigenvalue weighted by Gasteiger charge is -2.22. The summed E-state index contributed by atoms with van der Waals surface area (Å²) in [6.45, 7) is 3.33. The van der Waals surface area contributed by atoms with E-state index in [1.54, 1.807) is 17.0 Å². The van der Waals surface area contributed by atoms with Crippen molar-refractivity contribution in [3.05, 3.63) is 84.2 Å². The molecule has 0 unspecified atom stereocenters. The van der Waals surface area contributed by atoms with Crippen LogP contribution in [0, 0.1) is 5.82 Å². The predicted octanol–water partition coefficient (Wildman–Crippen LogP) is 4.98. The number of likely N-dealkylation sites (N-methyl/N-ethyl adjacent to an activating group) is 1. The molecule has 0 saturated heterocycles. The molecule has 27 heavy (non-hydrogen) atoms. The van der Waals surface area contributed by atoms with Gasteiger partial charge in [0.2, 0.25) is 5.91 Å². The molecule has 136 valence electrons. The molecule has 0 aliphatic carbocycles. The van der Waals surface area contributed by atoms with Crippen molar-refractivity contribution < 1.29 is 9.18 Å². The van der Waals surface area contributed by atoms with E-state index >= 15 is 0 Å². The van der Waals surface area contributed by atoms with Gasteiger partial charge in [0.05, 0.1) is 0 Å². The van der Waals surface area contributed by atoms with E-state index in [2.05, 4.69) is 28.8 Å². The van der Waals surface area contributed by atoms with Crippen molar-refractivity contribution in [3.8, 4) is 0 Å². The Labute approximate surface area is 157 Å². The van der Waals surface area contributed by atoms with Crippen LogP contribution in [0.3, 0.4) is 0 Å². The molecule has 0 aliphatic heterocycles. The van der Waals surface area contributed by atoms with Gasteiger partial charge in [-0.05, 0) is 36.8 Å². The van der Waals surface area contributed by atoms with Gasteiger partial charge in [-0.15, -0.1) is 0 Å². The van der Waals surface area contributed by atoms with Crippen LogP contribution in [0.25, 0.3) is 21.8 Å². The van der Waals surface area contributed by atoms with Gasteiger partial charge in [0, 0.05) is 34.9 Å². The summed E-state index contributed by atoms with van der Waals surface area (Å²) in [6.07, 6.45) is 0. The summed E-state index contributed by atoms with van der Waals surface area (Å²) < 4.78 is 15.2. The molecule has 0 saturated carbocycles. The van der Waals surface area contributed by atoms with E-state index in [9.17, 15) is 9.18 Å².